The van der Waals surface area contributed by atoms with Gasteiger partial charge in [-0.25, -0.2) is 9.78 Å². The van der Waals surface area contributed by atoms with Crippen molar-refractivity contribution in [2.75, 3.05) is 19.7 Å². The van der Waals surface area contributed by atoms with E-state index in [0.29, 0.717) is 18.6 Å². The Labute approximate surface area is 120 Å². The molecule has 0 saturated carbocycles. The zero-order valence-electron chi connectivity index (χ0n) is 12.9. The molecule has 1 saturated heterocycles. The van der Waals surface area contributed by atoms with E-state index in [1.165, 1.54) is 0 Å². The first kappa shape index (κ1) is 14.9. The van der Waals surface area contributed by atoms with Crippen LogP contribution in [-0.2, 0) is 4.74 Å². The summed E-state index contributed by atoms with van der Waals surface area (Å²) in [4.78, 5) is 18.2. The van der Waals surface area contributed by atoms with Crippen molar-refractivity contribution in [1.29, 1.82) is 0 Å². The summed E-state index contributed by atoms with van der Waals surface area (Å²) in [5.74, 6) is 1.44. The van der Waals surface area contributed by atoms with E-state index in [2.05, 4.69) is 15.7 Å². The van der Waals surface area contributed by atoms with Crippen LogP contribution in [0.15, 0.2) is 6.20 Å². The van der Waals surface area contributed by atoms with E-state index in [4.69, 9.17) is 4.74 Å². The number of ether oxygens (including phenoxy) is 1. The molecule has 5 nitrogen and oxygen atoms in total. The van der Waals surface area contributed by atoms with Gasteiger partial charge in [0.1, 0.15) is 5.82 Å². The van der Waals surface area contributed by atoms with E-state index in [0.717, 1.165) is 37.4 Å². The molecule has 0 N–H and O–H groups in total. The lowest BCUT2D eigenvalue weighted by Gasteiger charge is -2.32. The second-order valence-corrected chi connectivity index (χ2v) is 6.03. The van der Waals surface area contributed by atoms with E-state index in [1.54, 1.807) is 0 Å². The molecule has 1 amide bonds. The molecule has 1 aromatic heterocycles. The van der Waals surface area contributed by atoms with Crippen LogP contribution >= 0.6 is 0 Å². The van der Waals surface area contributed by atoms with Crippen molar-refractivity contribution in [3.63, 3.8) is 0 Å². The van der Waals surface area contributed by atoms with Crippen molar-refractivity contribution >= 4 is 6.09 Å². The summed E-state index contributed by atoms with van der Waals surface area (Å²) in [6, 6.07) is 0.449. The Morgan fingerprint density at radius 2 is 2.05 bits per heavy atom. The fourth-order valence-electron chi connectivity index (χ4n) is 2.66. The third-order valence-electron chi connectivity index (χ3n) is 3.69. The number of carbonyl (C=O) groups excluding carboxylic acids is 1. The van der Waals surface area contributed by atoms with Gasteiger partial charge >= 0.3 is 6.09 Å². The summed E-state index contributed by atoms with van der Waals surface area (Å²) in [5.41, 5.74) is 1.06. The maximum absolute atomic E-state index is 11.9. The van der Waals surface area contributed by atoms with Crippen LogP contribution in [0.4, 0.5) is 4.79 Å². The Morgan fingerprint density at radius 3 is 2.55 bits per heavy atom. The molecule has 112 valence electrons. The largest absolute Gasteiger partial charge is 0.449 e. The van der Waals surface area contributed by atoms with Gasteiger partial charge in [-0.2, -0.15) is 0 Å². The van der Waals surface area contributed by atoms with Gasteiger partial charge in [0.2, 0.25) is 0 Å². The highest BCUT2D eigenvalue weighted by molar-refractivity contribution is 5.67. The number of hydrogen-bond acceptors (Lipinski definition) is 3. The van der Waals surface area contributed by atoms with Gasteiger partial charge in [0, 0.05) is 25.3 Å². The van der Waals surface area contributed by atoms with Crippen molar-refractivity contribution in [3.05, 3.63) is 17.7 Å². The van der Waals surface area contributed by atoms with Gasteiger partial charge in [-0.05, 0) is 32.6 Å². The summed E-state index contributed by atoms with van der Waals surface area (Å²) < 4.78 is 7.52. The fourth-order valence-corrected chi connectivity index (χ4v) is 2.66. The van der Waals surface area contributed by atoms with Gasteiger partial charge in [-0.3, -0.25) is 0 Å². The van der Waals surface area contributed by atoms with Gasteiger partial charge in [0.15, 0.2) is 0 Å². The Kier molecular flexibility index (Phi) is 4.68. The summed E-state index contributed by atoms with van der Waals surface area (Å²) >= 11 is 0. The minimum Gasteiger partial charge on any atom is -0.449 e. The number of piperidine rings is 1. The molecule has 0 spiro atoms. The maximum atomic E-state index is 11.9. The molecule has 1 aliphatic heterocycles. The minimum atomic E-state index is -0.171. The van der Waals surface area contributed by atoms with E-state index < -0.39 is 0 Å². The number of carbonyl (C=O) groups is 1. The fraction of sp³-hybridized carbons (Fsp3) is 0.733. The standard InChI is InChI=1S/C15H25N3O2/c1-11(2)10-20-15(19)17-7-5-14(6-8-17)18-9-12(3)16-13(18)4/h9,11,14H,5-8,10H2,1-4H3. The molecule has 0 radical (unpaired) electrons. The number of hydrogen-bond donors (Lipinski definition) is 0. The van der Waals surface area contributed by atoms with Crippen LogP contribution in [0.1, 0.15) is 44.2 Å². The molecule has 1 fully saturated rings. The molecule has 1 aromatic rings. The molecule has 20 heavy (non-hydrogen) atoms. The third-order valence-corrected chi connectivity index (χ3v) is 3.69. The molecule has 0 aromatic carbocycles. The number of nitrogens with zero attached hydrogens (tertiary/aromatic N) is 3. The van der Waals surface area contributed by atoms with E-state index >= 15 is 0 Å². The van der Waals surface area contributed by atoms with Crippen LogP contribution in [0.2, 0.25) is 0 Å². The molecular weight excluding hydrogens is 254 g/mol. The van der Waals surface area contributed by atoms with Crippen LogP contribution in [0.5, 0.6) is 0 Å². The summed E-state index contributed by atoms with van der Waals surface area (Å²) in [7, 11) is 0. The molecular formula is C15H25N3O2. The van der Waals surface area contributed by atoms with Crippen molar-refractivity contribution < 1.29 is 9.53 Å². The Balaban J connectivity index is 1.86. The predicted octanol–water partition coefficient (Wildman–Crippen LogP) is 2.93. The predicted molar refractivity (Wildman–Crippen MR) is 77.7 cm³/mol. The number of aromatic nitrogens is 2. The topological polar surface area (TPSA) is 47.4 Å². The third kappa shape index (κ3) is 3.52. The first-order valence-corrected chi connectivity index (χ1v) is 7.41. The van der Waals surface area contributed by atoms with Crippen LogP contribution < -0.4 is 0 Å². The second kappa shape index (κ2) is 6.29. The molecule has 2 heterocycles. The van der Waals surface area contributed by atoms with Gasteiger partial charge < -0.3 is 14.2 Å². The highest BCUT2D eigenvalue weighted by Gasteiger charge is 2.25. The van der Waals surface area contributed by atoms with Crippen molar-refractivity contribution in [3.8, 4) is 0 Å². The lowest BCUT2D eigenvalue weighted by atomic mass is 10.1. The molecule has 0 atom stereocenters. The summed E-state index contributed by atoms with van der Waals surface area (Å²) in [6.45, 7) is 10.2. The smallest absolute Gasteiger partial charge is 0.409 e. The molecule has 0 unspecified atom stereocenters. The van der Waals surface area contributed by atoms with Crippen LogP contribution in [0, 0.1) is 19.8 Å². The van der Waals surface area contributed by atoms with Gasteiger partial charge in [-0.1, -0.05) is 13.8 Å². The molecule has 5 heteroatoms. The number of rotatable bonds is 3. The molecule has 2 rings (SSSR count). The quantitative estimate of drug-likeness (QED) is 0.854. The maximum Gasteiger partial charge on any atom is 0.409 e. The Morgan fingerprint density at radius 1 is 1.40 bits per heavy atom. The molecule has 0 aliphatic carbocycles. The Bertz CT molecular complexity index is 460. The zero-order chi connectivity index (χ0) is 14.7. The van der Waals surface area contributed by atoms with Gasteiger partial charge in [0.25, 0.3) is 0 Å². The minimum absolute atomic E-state index is 0.171. The number of amides is 1. The average Bonchev–Trinajstić information content (AvgIpc) is 2.75. The van der Waals surface area contributed by atoms with Crippen molar-refractivity contribution in [1.82, 2.24) is 14.5 Å². The first-order chi connectivity index (χ1) is 9.47. The monoisotopic (exact) mass is 279 g/mol. The van der Waals surface area contributed by atoms with E-state index in [-0.39, 0.29) is 6.09 Å². The highest BCUT2D eigenvalue weighted by Crippen LogP contribution is 2.24. The number of imidazole rings is 1. The van der Waals surface area contributed by atoms with Gasteiger partial charge in [0.05, 0.1) is 12.3 Å². The van der Waals surface area contributed by atoms with E-state index in [9.17, 15) is 4.79 Å². The summed E-state index contributed by atoms with van der Waals surface area (Å²) in [5, 5.41) is 0. The van der Waals surface area contributed by atoms with Crippen LogP contribution in [0.3, 0.4) is 0 Å². The Hall–Kier alpha value is -1.52. The lowest BCUT2D eigenvalue weighted by Crippen LogP contribution is -2.39. The van der Waals surface area contributed by atoms with Crippen molar-refractivity contribution in [2.45, 2.75) is 46.6 Å². The SMILES string of the molecule is Cc1cn(C2CCN(C(=O)OCC(C)C)CC2)c(C)n1. The first-order valence-electron chi connectivity index (χ1n) is 7.41. The highest BCUT2D eigenvalue weighted by atomic mass is 16.6. The van der Waals surface area contributed by atoms with Crippen molar-refractivity contribution in [2.24, 2.45) is 5.92 Å². The second-order valence-electron chi connectivity index (χ2n) is 6.03. The van der Waals surface area contributed by atoms with Gasteiger partial charge in [-0.15, -0.1) is 0 Å². The van der Waals surface area contributed by atoms with E-state index in [1.807, 2.05) is 32.6 Å². The normalized spacial score (nSPS) is 16.8. The van der Waals surface area contributed by atoms with Crippen LogP contribution in [0.25, 0.3) is 0 Å². The lowest BCUT2D eigenvalue weighted by molar-refractivity contribution is 0.0796. The average molecular weight is 279 g/mol. The number of likely N-dealkylation sites (tertiary alicyclic amines) is 1. The summed E-state index contributed by atoms with van der Waals surface area (Å²) in [6.07, 6.45) is 3.86. The van der Waals surface area contributed by atoms with Crippen LogP contribution in [-0.4, -0.2) is 40.2 Å². The number of aryl methyl sites for hydroxylation is 2. The molecule has 0 bridgehead atoms. The zero-order valence-corrected chi connectivity index (χ0v) is 12.9. The molecule has 1 aliphatic rings.